The molecule has 2 aliphatic heterocycles. The van der Waals surface area contributed by atoms with Crippen molar-refractivity contribution >= 4 is 59.1 Å². The number of aliphatic hydroxyl groups is 8. The first-order valence-corrected chi connectivity index (χ1v) is 27.8. The van der Waals surface area contributed by atoms with Crippen molar-refractivity contribution in [1.29, 1.82) is 0 Å². The average Bonchev–Trinajstić information content (AvgIpc) is 3.63. The molecule has 474 valence electrons. The van der Waals surface area contributed by atoms with Gasteiger partial charge in [0.15, 0.2) is 6.29 Å². The summed E-state index contributed by atoms with van der Waals surface area (Å²) >= 11 is 0. The summed E-state index contributed by atoms with van der Waals surface area (Å²) in [5.74, 6) is -12.3. The molecule has 2 heterocycles. The van der Waals surface area contributed by atoms with Crippen molar-refractivity contribution in [3.05, 3.63) is 29.8 Å². The lowest BCUT2D eigenvalue weighted by atomic mass is 9.94. The molecule has 32 heteroatoms. The van der Waals surface area contributed by atoms with Gasteiger partial charge in [-0.05, 0) is 37.0 Å². The molecule has 15 atom stereocenters. The van der Waals surface area contributed by atoms with Crippen molar-refractivity contribution < 1.29 is 103 Å². The summed E-state index contributed by atoms with van der Waals surface area (Å²) in [5.41, 5.74) is 16.7. The normalized spacial score (nSPS) is 27.6. The van der Waals surface area contributed by atoms with E-state index in [1.165, 1.54) is 12.1 Å². The highest BCUT2D eigenvalue weighted by molar-refractivity contribution is 5.98. The predicted octanol–water partition coefficient (Wildman–Crippen LogP) is -7.72. The van der Waals surface area contributed by atoms with Crippen LogP contribution in [-0.4, -0.2) is 223 Å². The molecular weight excluding hydrogens is 1110 g/mol. The van der Waals surface area contributed by atoms with Crippen LogP contribution in [0.5, 0.6) is 5.75 Å². The molecule has 9 unspecified atom stereocenters. The molecule has 2 fully saturated rings. The quantitative estimate of drug-likeness (QED) is 0.0428. The molecule has 23 N–H and O–H groups in total. The Bertz CT molecular complexity index is 2320. The molecule has 84 heavy (non-hydrogen) atoms. The van der Waals surface area contributed by atoms with Crippen LogP contribution < -0.4 is 59.7 Å². The fraction of sp³-hybridized carbons (Fsp3) is 0.692. The lowest BCUT2D eigenvalue weighted by Gasteiger charge is -2.38. The molecule has 2 saturated heterocycles. The van der Waals surface area contributed by atoms with Crippen LogP contribution in [0.4, 0.5) is 0 Å². The first kappa shape index (κ1) is 71.5. The summed E-state index contributed by atoms with van der Waals surface area (Å²) in [6.45, 7) is -2.08. The second kappa shape index (κ2) is 36.9. The zero-order valence-electron chi connectivity index (χ0n) is 46.8. The second-order valence-electron chi connectivity index (χ2n) is 20.7. The summed E-state index contributed by atoms with van der Waals surface area (Å²) < 4.78 is 11.4. The lowest BCUT2D eigenvalue weighted by Crippen LogP contribution is -2.60. The van der Waals surface area contributed by atoms with Gasteiger partial charge < -0.3 is 115 Å². The number of phenols is 1. The summed E-state index contributed by atoms with van der Waals surface area (Å²) in [6, 6.07) is -8.20. The van der Waals surface area contributed by atoms with Crippen LogP contribution in [0.15, 0.2) is 24.3 Å². The molecule has 2 aliphatic rings. The third-order valence-electron chi connectivity index (χ3n) is 13.8. The zero-order chi connectivity index (χ0) is 62.6. The van der Waals surface area contributed by atoms with Crippen molar-refractivity contribution in [2.24, 2.45) is 17.2 Å². The van der Waals surface area contributed by atoms with Gasteiger partial charge in [0.05, 0.1) is 57.5 Å². The fourth-order valence-corrected chi connectivity index (χ4v) is 8.99. The molecule has 0 radical (unpaired) electrons. The van der Waals surface area contributed by atoms with Crippen LogP contribution in [0.3, 0.4) is 0 Å². The number of nitrogens with two attached hydrogens (primary N) is 3. The van der Waals surface area contributed by atoms with E-state index in [2.05, 4.69) is 49.5 Å². The highest BCUT2D eigenvalue weighted by atomic mass is 16.7. The number of aliphatic hydroxyl groups excluding tert-OH is 8. The van der Waals surface area contributed by atoms with E-state index < -0.39 is 209 Å². The van der Waals surface area contributed by atoms with Gasteiger partial charge in [-0.1, -0.05) is 76.8 Å². The van der Waals surface area contributed by atoms with Crippen LogP contribution in [0.2, 0.25) is 0 Å². The van der Waals surface area contributed by atoms with E-state index in [1.807, 2.05) is 0 Å². The number of ether oxygens (including phenoxy) is 2. The van der Waals surface area contributed by atoms with Crippen molar-refractivity contribution in [3.8, 4) is 5.75 Å². The summed E-state index contributed by atoms with van der Waals surface area (Å²) in [6.07, 6.45) is -10.0. The van der Waals surface area contributed by atoms with Crippen LogP contribution in [0.25, 0.3) is 0 Å². The van der Waals surface area contributed by atoms with E-state index in [0.29, 0.717) is 12.8 Å². The molecule has 0 bridgehead atoms. The van der Waals surface area contributed by atoms with Gasteiger partial charge in [-0.15, -0.1) is 0 Å². The number of hydrogen-bond donors (Lipinski definition) is 20. The van der Waals surface area contributed by atoms with Crippen LogP contribution in [0, 0.1) is 0 Å². The number of primary amides is 2. The molecule has 0 saturated carbocycles. The van der Waals surface area contributed by atoms with E-state index in [0.717, 1.165) is 57.1 Å². The molecule has 0 aliphatic carbocycles. The summed E-state index contributed by atoms with van der Waals surface area (Å²) in [5, 5.41) is 114. The number of hydrogen-bond acceptors (Lipinski definition) is 22. The zero-order valence-corrected chi connectivity index (χ0v) is 46.8. The third kappa shape index (κ3) is 24.5. The number of carbonyl (C=O) groups is 10. The Hall–Kier alpha value is -6.72. The Morgan fingerprint density at radius 2 is 1.18 bits per heavy atom. The molecule has 0 spiro atoms. The maximum absolute atomic E-state index is 14.2. The van der Waals surface area contributed by atoms with Gasteiger partial charge in [-0.25, -0.2) is 0 Å². The van der Waals surface area contributed by atoms with Crippen molar-refractivity contribution in [1.82, 2.24) is 42.5 Å². The van der Waals surface area contributed by atoms with Gasteiger partial charge in [0, 0.05) is 19.0 Å². The molecule has 1 aromatic rings. The van der Waals surface area contributed by atoms with E-state index >= 15 is 0 Å². The van der Waals surface area contributed by atoms with Gasteiger partial charge in [0.25, 0.3) is 0 Å². The average molecular weight is 1200 g/mol. The van der Waals surface area contributed by atoms with E-state index in [4.69, 9.17) is 26.7 Å². The van der Waals surface area contributed by atoms with E-state index in [9.17, 15) is 93.9 Å². The Balaban J connectivity index is 2.08. The third-order valence-corrected chi connectivity index (χ3v) is 13.8. The standard InChI is InChI=1S/C52H85N11O21/c1-2-3-4-5-6-7-8-9-10-11-36(84-52-45(76)44(75)35(68)25-83-52)43(74)34(67)18-27-19-39(71)60-32(23-64)50(81)63-41(42(73)26-12-14-28(66)15-13-26)51(82)56-17-16-29(53)46(77)57-22-40(72)59-30(20-37(54)69)48(79)62-33(24-65)49(80)61-31(21-38(55)70)47(78)58-27/h12-15,27,29-36,41-45,52,64-68,73-76H,2-11,16-25,53H2,1H3,(H2,54,69)(H2,55,70)(H,56,82)(H,57,77)(H,58,78)(H,59,72)(H,60,71)(H,61,80)(H,62,79)(H,63,81)/t27?,29?,30?,31?,32-,33-,34?,35+,36?,41?,42?,43?,44-,45+,52-/m0/s1. The van der Waals surface area contributed by atoms with Crippen molar-refractivity contribution in [2.45, 2.75) is 195 Å². The maximum Gasteiger partial charge on any atom is 0.245 e. The largest absolute Gasteiger partial charge is 0.508 e. The van der Waals surface area contributed by atoms with Gasteiger partial charge in [0.1, 0.15) is 66.5 Å². The number of aromatic hydroxyl groups is 1. The van der Waals surface area contributed by atoms with E-state index in [-0.39, 0.29) is 24.2 Å². The molecule has 3 rings (SSSR count). The number of rotatable bonds is 24. The molecule has 1 aromatic carbocycles. The van der Waals surface area contributed by atoms with Crippen LogP contribution in [-0.2, 0) is 57.4 Å². The first-order chi connectivity index (χ1) is 39.8. The van der Waals surface area contributed by atoms with Crippen molar-refractivity contribution in [2.75, 3.05) is 32.9 Å². The second-order valence-corrected chi connectivity index (χ2v) is 20.7. The highest BCUT2D eigenvalue weighted by Gasteiger charge is 2.42. The Morgan fingerprint density at radius 1 is 0.655 bits per heavy atom. The topological polar surface area (TPSA) is 546 Å². The van der Waals surface area contributed by atoms with Crippen LogP contribution >= 0.6 is 0 Å². The summed E-state index contributed by atoms with van der Waals surface area (Å²) in [4.78, 5) is 133. The molecule has 10 amide bonds. The smallest absolute Gasteiger partial charge is 0.245 e. The van der Waals surface area contributed by atoms with E-state index in [1.54, 1.807) is 0 Å². The summed E-state index contributed by atoms with van der Waals surface area (Å²) in [7, 11) is 0. The number of carbonyl (C=O) groups excluding carboxylic acids is 10. The number of nitrogens with one attached hydrogen (secondary N) is 8. The Labute approximate surface area is 484 Å². The molecular formula is C52H85N11O21. The van der Waals surface area contributed by atoms with Gasteiger partial charge >= 0.3 is 0 Å². The number of unbranched alkanes of at least 4 members (excludes halogenated alkanes) is 8. The minimum atomic E-state index is -2.03. The lowest BCUT2D eigenvalue weighted by molar-refractivity contribution is -0.293. The molecule has 32 nitrogen and oxygen atoms in total. The minimum Gasteiger partial charge on any atom is -0.508 e. The van der Waals surface area contributed by atoms with Gasteiger partial charge in [-0.2, -0.15) is 0 Å². The molecule has 0 aromatic heterocycles. The van der Waals surface area contributed by atoms with Crippen LogP contribution in [0.1, 0.15) is 115 Å². The SMILES string of the molecule is CCCCCCCCCCCC(O[C@@H]1OC[C@@H](O)[C@H](O)[C@H]1O)C(O)C(O)CC1CC(=O)N[C@@H](CO)C(=O)NC(C(O)c2ccc(O)cc2)C(=O)NCCC(N)C(=O)NCC(=O)NC(CC(N)=O)C(=O)N[C@@H](CO)C(=O)NC(CC(N)=O)C(=O)N1. The monoisotopic (exact) mass is 1200 g/mol. The minimum absolute atomic E-state index is 0.000101. The van der Waals surface area contributed by atoms with Gasteiger partial charge in [-0.3, -0.25) is 47.9 Å². The number of amides is 10. The number of benzene rings is 1. The Kier molecular flexibility index (Phi) is 31.4. The predicted molar refractivity (Wildman–Crippen MR) is 291 cm³/mol. The number of phenolic OH excluding ortho intramolecular Hbond substituents is 1. The Morgan fingerprint density at radius 3 is 1.77 bits per heavy atom. The van der Waals surface area contributed by atoms with Crippen molar-refractivity contribution in [3.63, 3.8) is 0 Å². The highest BCUT2D eigenvalue weighted by Crippen LogP contribution is 2.25. The maximum atomic E-state index is 14.2. The van der Waals surface area contributed by atoms with Gasteiger partial charge in [0.2, 0.25) is 59.1 Å². The first-order valence-electron chi connectivity index (χ1n) is 27.8. The fourth-order valence-electron chi connectivity index (χ4n) is 8.99.